The summed E-state index contributed by atoms with van der Waals surface area (Å²) in [5.74, 6) is -0.959. The van der Waals surface area contributed by atoms with Crippen molar-refractivity contribution in [2.24, 2.45) is 0 Å². The maximum atomic E-state index is 10.8. The van der Waals surface area contributed by atoms with Crippen molar-refractivity contribution in [2.45, 2.75) is 6.61 Å². The fourth-order valence-electron chi connectivity index (χ4n) is 1.33. The molecule has 0 spiro atoms. The van der Waals surface area contributed by atoms with Gasteiger partial charge in [0.1, 0.15) is 5.01 Å². The van der Waals surface area contributed by atoms with Crippen LogP contribution in [0.25, 0.3) is 11.3 Å². The Morgan fingerprint density at radius 1 is 1.44 bits per heavy atom. The number of thiazole rings is 1. The first-order chi connectivity index (χ1) is 7.70. The zero-order valence-electron chi connectivity index (χ0n) is 8.25. The smallest absolute Gasteiger partial charge is 0.335 e. The molecule has 0 amide bonds. The fraction of sp³-hybridized carbons (Fsp3) is 0.0909. The predicted octanol–water partition coefficient (Wildman–Crippen LogP) is 2.00. The maximum absolute atomic E-state index is 10.8. The lowest BCUT2D eigenvalue weighted by molar-refractivity contribution is 0.0697. The molecule has 0 bridgehead atoms. The van der Waals surface area contributed by atoms with Gasteiger partial charge in [-0.2, -0.15) is 0 Å². The van der Waals surface area contributed by atoms with E-state index < -0.39 is 5.97 Å². The summed E-state index contributed by atoms with van der Waals surface area (Å²) in [6.07, 6.45) is 0. The van der Waals surface area contributed by atoms with Crippen molar-refractivity contribution >= 4 is 17.3 Å². The summed E-state index contributed by atoms with van der Waals surface area (Å²) in [7, 11) is 0. The highest BCUT2D eigenvalue weighted by Crippen LogP contribution is 2.22. The number of aromatic nitrogens is 1. The molecular weight excluding hydrogens is 226 g/mol. The lowest BCUT2D eigenvalue weighted by atomic mass is 10.1. The minimum absolute atomic E-state index is 0.0940. The van der Waals surface area contributed by atoms with Crippen LogP contribution in [0.5, 0.6) is 0 Å². The van der Waals surface area contributed by atoms with Crippen LogP contribution in [-0.2, 0) is 6.61 Å². The Balaban J connectivity index is 2.40. The van der Waals surface area contributed by atoms with Crippen LogP contribution in [0.1, 0.15) is 15.4 Å². The first kappa shape index (κ1) is 10.8. The average Bonchev–Trinajstić information content (AvgIpc) is 2.77. The lowest BCUT2D eigenvalue weighted by Crippen LogP contribution is -1.95. The molecule has 4 nitrogen and oxygen atoms in total. The van der Waals surface area contributed by atoms with E-state index in [0.717, 1.165) is 5.56 Å². The van der Waals surface area contributed by atoms with Gasteiger partial charge in [0, 0.05) is 10.9 Å². The number of carbonyl (C=O) groups is 1. The molecule has 0 aliphatic carbocycles. The molecule has 82 valence electrons. The number of hydrogen-bond acceptors (Lipinski definition) is 4. The molecule has 2 N–H and O–H groups in total. The Kier molecular flexibility index (Phi) is 2.98. The van der Waals surface area contributed by atoms with E-state index in [1.54, 1.807) is 23.6 Å². The van der Waals surface area contributed by atoms with Gasteiger partial charge >= 0.3 is 5.97 Å². The number of nitrogens with zero attached hydrogens (tertiary/aromatic N) is 1. The molecule has 0 unspecified atom stereocenters. The topological polar surface area (TPSA) is 70.4 Å². The maximum Gasteiger partial charge on any atom is 0.335 e. The summed E-state index contributed by atoms with van der Waals surface area (Å²) in [5.41, 5.74) is 1.67. The van der Waals surface area contributed by atoms with E-state index in [2.05, 4.69) is 4.98 Å². The summed E-state index contributed by atoms with van der Waals surface area (Å²) in [6, 6.07) is 6.57. The zero-order valence-corrected chi connectivity index (χ0v) is 9.07. The predicted molar refractivity (Wildman–Crippen MR) is 60.4 cm³/mol. The standard InChI is InChI=1S/C11H9NO3S/c13-5-10-12-9(6-16-10)7-2-1-3-8(4-7)11(14)15/h1-4,6,13H,5H2,(H,14,15). The molecule has 0 saturated carbocycles. The second-order valence-electron chi connectivity index (χ2n) is 3.17. The van der Waals surface area contributed by atoms with Gasteiger partial charge in [0.25, 0.3) is 0 Å². The highest BCUT2D eigenvalue weighted by molar-refractivity contribution is 7.09. The molecule has 0 fully saturated rings. The Bertz CT molecular complexity index is 521. The Morgan fingerprint density at radius 3 is 2.88 bits per heavy atom. The number of aliphatic hydroxyl groups is 1. The van der Waals surface area contributed by atoms with Crippen LogP contribution in [0.4, 0.5) is 0 Å². The van der Waals surface area contributed by atoms with Crippen molar-refractivity contribution in [1.82, 2.24) is 4.98 Å². The molecule has 0 radical (unpaired) electrons. The van der Waals surface area contributed by atoms with Crippen LogP contribution >= 0.6 is 11.3 Å². The molecule has 1 aromatic carbocycles. The molecule has 2 aromatic rings. The van der Waals surface area contributed by atoms with Crippen molar-refractivity contribution < 1.29 is 15.0 Å². The third kappa shape index (κ3) is 2.10. The lowest BCUT2D eigenvalue weighted by Gasteiger charge is -1.98. The van der Waals surface area contributed by atoms with Crippen molar-refractivity contribution in [3.05, 3.63) is 40.2 Å². The molecule has 5 heteroatoms. The molecule has 0 aliphatic rings. The van der Waals surface area contributed by atoms with Crippen LogP contribution in [0.15, 0.2) is 29.6 Å². The first-order valence-electron chi connectivity index (χ1n) is 4.59. The van der Waals surface area contributed by atoms with Crippen molar-refractivity contribution in [3.63, 3.8) is 0 Å². The van der Waals surface area contributed by atoms with Crippen LogP contribution in [0.2, 0.25) is 0 Å². The third-order valence-corrected chi connectivity index (χ3v) is 2.93. The van der Waals surface area contributed by atoms with Gasteiger partial charge in [-0.25, -0.2) is 9.78 Å². The quantitative estimate of drug-likeness (QED) is 0.853. The summed E-state index contributed by atoms with van der Waals surface area (Å²) >= 11 is 1.35. The van der Waals surface area contributed by atoms with Crippen molar-refractivity contribution in [1.29, 1.82) is 0 Å². The minimum atomic E-state index is -0.959. The van der Waals surface area contributed by atoms with Gasteiger partial charge in [0.15, 0.2) is 0 Å². The van der Waals surface area contributed by atoms with Gasteiger partial charge in [-0.3, -0.25) is 0 Å². The Labute approximate surface area is 95.8 Å². The number of carboxylic acid groups (broad SMARTS) is 1. The third-order valence-electron chi connectivity index (χ3n) is 2.09. The van der Waals surface area contributed by atoms with Crippen molar-refractivity contribution in [3.8, 4) is 11.3 Å². The normalized spacial score (nSPS) is 10.3. The van der Waals surface area contributed by atoms with Gasteiger partial charge < -0.3 is 10.2 Å². The number of hydrogen-bond donors (Lipinski definition) is 2. The number of rotatable bonds is 3. The second-order valence-corrected chi connectivity index (χ2v) is 4.11. The SMILES string of the molecule is O=C(O)c1cccc(-c2csc(CO)n2)c1. The Morgan fingerprint density at radius 2 is 2.25 bits per heavy atom. The zero-order chi connectivity index (χ0) is 11.5. The van der Waals surface area contributed by atoms with Gasteiger partial charge in [-0.1, -0.05) is 12.1 Å². The molecule has 16 heavy (non-hydrogen) atoms. The molecule has 0 aliphatic heterocycles. The fourth-order valence-corrected chi connectivity index (χ4v) is 1.99. The molecular formula is C11H9NO3S. The molecule has 0 atom stereocenters. The first-order valence-corrected chi connectivity index (χ1v) is 5.47. The van der Waals surface area contributed by atoms with Gasteiger partial charge in [-0.15, -0.1) is 11.3 Å². The summed E-state index contributed by atoms with van der Waals surface area (Å²) in [4.78, 5) is 15.0. The largest absolute Gasteiger partial charge is 0.478 e. The monoisotopic (exact) mass is 235 g/mol. The van der Waals surface area contributed by atoms with Gasteiger partial charge in [0.2, 0.25) is 0 Å². The van der Waals surface area contributed by atoms with Crippen LogP contribution in [-0.4, -0.2) is 21.2 Å². The van der Waals surface area contributed by atoms with Crippen molar-refractivity contribution in [2.75, 3.05) is 0 Å². The van der Waals surface area contributed by atoms with E-state index in [9.17, 15) is 4.79 Å². The Hall–Kier alpha value is -1.72. The molecule has 0 saturated heterocycles. The van der Waals surface area contributed by atoms with Gasteiger partial charge in [-0.05, 0) is 12.1 Å². The average molecular weight is 235 g/mol. The van der Waals surface area contributed by atoms with Crippen LogP contribution in [0.3, 0.4) is 0 Å². The summed E-state index contributed by atoms with van der Waals surface area (Å²) in [6.45, 7) is -0.0940. The molecule has 2 rings (SSSR count). The highest BCUT2D eigenvalue weighted by atomic mass is 32.1. The van der Waals surface area contributed by atoms with E-state index in [1.165, 1.54) is 17.4 Å². The summed E-state index contributed by atoms with van der Waals surface area (Å²) < 4.78 is 0. The number of aromatic carboxylic acids is 1. The number of aliphatic hydroxyl groups excluding tert-OH is 1. The number of carboxylic acids is 1. The highest BCUT2D eigenvalue weighted by Gasteiger charge is 2.07. The minimum Gasteiger partial charge on any atom is -0.478 e. The van der Waals surface area contributed by atoms with Gasteiger partial charge in [0.05, 0.1) is 17.9 Å². The van der Waals surface area contributed by atoms with E-state index >= 15 is 0 Å². The molecule has 1 aromatic heterocycles. The second kappa shape index (κ2) is 4.42. The van der Waals surface area contributed by atoms with E-state index in [-0.39, 0.29) is 12.2 Å². The van der Waals surface area contributed by atoms with E-state index in [4.69, 9.17) is 10.2 Å². The van der Waals surface area contributed by atoms with E-state index in [0.29, 0.717) is 10.7 Å². The summed E-state index contributed by atoms with van der Waals surface area (Å²) in [5, 5.41) is 20.2. The van der Waals surface area contributed by atoms with Crippen LogP contribution in [0, 0.1) is 0 Å². The number of benzene rings is 1. The van der Waals surface area contributed by atoms with Crippen LogP contribution < -0.4 is 0 Å². The van der Waals surface area contributed by atoms with E-state index in [1.807, 2.05) is 0 Å². The molecule has 1 heterocycles.